The van der Waals surface area contributed by atoms with Gasteiger partial charge >= 0.3 is 0 Å². The maximum Gasteiger partial charge on any atom is 0.184 e. The Morgan fingerprint density at radius 2 is 2.15 bits per heavy atom. The summed E-state index contributed by atoms with van der Waals surface area (Å²) in [5, 5.41) is 6.36. The summed E-state index contributed by atoms with van der Waals surface area (Å²) in [6.07, 6.45) is 0. The van der Waals surface area contributed by atoms with Gasteiger partial charge < -0.3 is 26.0 Å². The van der Waals surface area contributed by atoms with Gasteiger partial charge in [-0.25, -0.2) is 9.98 Å². The lowest BCUT2D eigenvalue weighted by molar-refractivity contribution is 0.236. The molecule has 0 aliphatic carbocycles. The van der Waals surface area contributed by atoms with E-state index in [2.05, 4.69) is 39.2 Å². The molecule has 7 heteroatoms. The quantitative estimate of drug-likeness (QED) is 0.663. The first-order valence-electron chi connectivity index (χ1n) is 8.52. The number of hydrogen-bond acceptors (Lipinski definition) is 7. The van der Waals surface area contributed by atoms with Crippen molar-refractivity contribution in [2.75, 3.05) is 48.0 Å². The first kappa shape index (κ1) is 17.6. The molecule has 2 heterocycles. The molecule has 1 aromatic heterocycles. The Morgan fingerprint density at radius 3 is 2.88 bits per heavy atom. The monoisotopic (exact) mass is 352 g/mol. The van der Waals surface area contributed by atoms with Gasteiger partial charge in [0.05, 0.1) is 31.1 Å². The summed E-state index contributed by atoms with van der Waals surface area (Å²) in [6, 6.07) is 12.1. The molecule has 26 heavy (non-hydrogen) atoms. The van der Waals surface area contributed by atoms with Crippen LogP contribution in [-0.2, 0) is 4.74 Å². The lowest BCUT2D eigenvalue weighted by atomic mass is 10.2. The number of aromatic nitrogens is 1. The molecular weight excluding hydrogens is 328 g/mol. The zero-order chi connectivity index (χ0) is 18.5. The smallest absolute Gasteiger partial charge is 0.184 e. The van der Waals surface area contributed by atoms with E-state index in [9.17, 15) is 0 Å². The Hall–Kier alpha value is -3.22. The molecule has 7 nitrogen and oxygen atoms in total. The fourth-order valence-corrected chi connectivity index (χ4v) is 2.76. The molecule has 2 aromatic rings. The molecule has 0 amide bonds. The maximum absolute atomic E-state index is 6.11. The molecule has 1 aromatic carbocycles. The predicted octanol–water partition coefficient (Wildman–Crippen LogP) is 3.22. The van der Waals surface area contributed by atoms with Crippen molar-refractivity contribution in [2.24, 2.45) is 4.99 Å². The molecule has 0 bridgehead atoms. The van der Waals surface area contributed by atoms with Crippen molar-refractivity contribution >= 4 is 34.4 Å². The first-order chi connectivity index (χ1) is 12.6. The number of hydrogen-bond donors (Lipinski definition) is 3. The number of ether oxygens (including phenoxy) is 1. The molecule has 0 saturated carbocycles. The summed E-state index contributed by atoms with van der Waals surface area (Å²) in [5.74, 6) is 1.37. The van der Waals surface area contributed by atoms with Crippen molar-refractivity contribution in [3.63, 3.8) is 0 Å². The minimum Gasteiger partial charge on any atom is -0.480 e. The van der Waals surface area contributed by atoms with Gasteiger partial charge in [0.1, 0.15) is 11.5 Å². The highest BCUT2D eigenvalue weighted by atomic mass is 16.5. The minimum atomic E-state index is 0.362. The molecule has 0 atom stereocenters. The number of benzene rings is 1. The Balaban J connectivity index is 1.76. The molecule has 0 fully saturated rings. The van der Waals surface area contributed by atoms with Crippen LogP contribution in [0.15, 0.2) is 53.9 Å². The van der Waals surface area contributed by atoms with Gasteiger partial charge in [-0.2, -0.15) is 0 Å². The standard InChI is InChI=1S/C19H24N6O/c1-4-26-13(2)22-17-10-16-18(19(20)24-17)23-14(11-21-16)12-25(3)15-8-6-5-7-9-15/h5-10,21H,2,4,11-12H2,1,3H3,(H3,20,22,24). The second kappa shape index (κ2) is 7.77. The predicted molar refractivity (Wildman–Crippen MR) is 108 cm³/mol. The number of nitrogen functional groups attached to an aromatic ring is 1. The lowest BCUT2D eigenvalue weighted by Gasteiger charge is -2.24. The zero-order valence-corrected chi connectivity index (χ0v) is 15.1. The summed E-state index contributed by atoms with van der Waals surface area (Å²) < 4.78 is 5.29. The number of nitrogens with zero attached hydrogens (tertiary/aromatic N) is 3. The summed E-state index contributed by atoms with van der Waals surface area (Å²) >= 11 is 0. The van der Waals surface area contributed by atoms with E-state index in [1.165, 1.54) is 0 Å². The second-order valence-electron chi connectivity index (χ2n) is 5.99. The van der Waals surface area contributed by atoms with Gasteiger partial charge in [0.2, 0.25) is 0 Å². The number of rotatable bonds is 7. The molecule has 0 radical (unpaired) electrons. The Kier molecular flexibility index (Phi) is 5.26. The first-order valence-corrected chi connectivity index (χ1v) is 8.52. The van der Waals surface area contributed by atoms with Crippen molar-refractivity contribution in [3.05, 3.63) is 48.9 Å². The third-order valence-corrected chi connectivity index (χ3v) is 3.98. The Morgan fingerprint density at radius 1 is 1.38 bits per heavy atom. The minimum absolute atomic E-state index is 0.362. The number of pyridine rings is 1. The van der Waals surface area contributed by atoms with E-state index in [0.717, 1.165) is 17.1 Å². The molecule has 1 aliphatic rings. The van der Waals surface area contributed by atoms with Crippen LogP contribution in [0.1, 0.15) is 6.92 Å². The van der Waals surface area contributed by atoms with Gasteiger partial charge in [0, 0.05) is 18.8 Å². The summed E-state index contributed by atoms with van der Waals surface area (Å²) in [7, 11) is 2.04. The largest absolute Gasteiger partial charge is 0.480 e. The number of nitrogens with one attached hydrogen (secondary N) is 2. The van der Waals surface area contributed by atoms with E-state index >= 15 is 0 Å². The highest BCUT2D eigenvalue weighted by Crippen LogP contribution is 2.35. The van der Waals surface area contributed by atoms with Gasteiger partial charge in [-0.15, -0.1) is 0 Å². The molecule has 1 aliphatic heterocycles. The summed E-state index contributed by atoms with van der Waals surface area (Å²) in [5.41, 5.74) is 9.76. The molecule has 0 unspecified atom stereocenters. The van der Waals surface area contributed by atoms with Crippen LogP contribution in [0.2, 0.25) is 0 Å². The van der Waals surface area contributed by atoms with Crippen LogP contribution in [0, 0.1) is 0 Å². The maximum atomic E-state index is 6.11. The van der Waals surface area contributed by atoms with Crippen LogP contribution in [0.4, 0.5) is 28.7 Å². The average Bonchev–Trinajstić information content (AvgIpc) is 2.63. The van der Waals surface area contributed by atoms with Crippen molar-refractivity contribution in [3.8, 4) is 0 Å². The number of para-hydroxylation sites is 1. The van der Waals surface area contributed by atoms with Gasteiger partial charge in [0.15, 0.2) is 11.7 Å². The summed E-state index contributed by atoms with van der Waals surface area (Å²) in [6.45, 7) is 7.57. The van der Waals surface area contributed by atoms with Crippen LogP contribution >= 0.6 is 0 Å². The molecule has 4 N–H and O–H groups in total. The SMILES string of the molecule is C=C(Nc1cc2c(c(N)n1)N=C(CN(C)c1ccccc1)CN2)OCC. The van der Waals surface area contributed by atoms with Gasteiger partial charge in [-0.3, -0.25) is 0 Å². The van der Waals surface area contributed by atoms with E-state index in [0.29, 0.717) is 42.9 Å². The zero-order valence-electron chi connectivity index (χ0n) is 15.1. The lowest BCUT2D eigenvalue weighted by Crippen LogP contribution is -2.31. The Labute approximate surface area is 153 Å². The number of aliphatic imine (C=N–C) groups is 1. The average molecular weight is 352 g/mol. The molecule has 136 valence electrons. The van der Waals surface area contributed by atoms with E-state index < -0.39 is 0 Å². The highest BCUT2D eigenvalue weighted by Gasteiger charge is 2.17. The second-order valence-corrected chi connectivity index (χ2v) is 5.99. The number of anilines is 4. The molecular formula is C19H24N6O. The van der Waals surface area contributed by atoms with Crippen LogP contribution in [-0.4, -0.2) is 37.4 Å². The van der Waals surface area contributed by atoms with E-state index in [-0.39, 0.29) is 0 Å². The third-order valence-electron chi connectivity index (χ3n) is 3.98. The van der Waals surface area contributed by atoms with Crippen LogP contribution < -0.4 is 21.3 Å². The topological polar surface area (TPSA) is 87.8 Å². The van der Waals surface area contributed by atoms with E-state index in [1.807, 2.05) is 38.2 Å². The van der Waals surface area contributed by atoms with Crippen molar-refractivity contribution in [1.82, 2.24) is 4.98 Å². The molecule has 3 rings (SSSR count). The van der Waals surface area contributed by atoms with Crippen LogP contribution in [0.5, 0.6) is 0 Å². The van der Waals surface area contributed by atoms with Crippen molar-refractivity contribution < 1.29 is 4.74 Å². The fourth-order valence-electron chi connectivity index (χ4n) is 2.76. The number of fused-ring (bicyclic) bond motifs is 1. The normalized spacial score (nSPS) is 12.5. The third kappa shape index (κ3) is 4.05. The van der Waals surface area contributed by atoms with Crippen LogP contribution in [0.25, 0.3) is 0 Å². The fraction of sp³-hybridized carbons (Fsp3) is 0.263. The van der Waals surface area contributed by atoms with Gasteiger partial charge in [-0.05, 0) is 25.6 Å². The number of nitrogens with two attached hydrogens (primary N) is 1. The van der Waals surface area contributed by atoms with Gasteiger partial charge in [0.25, 0.3) is 0 Å². The van der Waals surface area contributed by atoms with E-state index in [1.54, 1.807) is 0 Å². The summed E-state index contributed by atoms with van der Waals surface area (Å²) in [4.78, 5) is 11.2. The van der Waals surface area contributed by atoms with E-state index in [4.69, 9.17) is 15.5 Å². The Bertz CT molecular complexity index is 818. The van der Waals surface area contributed by atoms with Crippen molar-refractivity contribution in [1.29, 1.82) is 0 Å². The molecule has 0 saturated heterocycles. The van der Waals surface area contributed by atoms with Crippen molar-refractivity contribution in [2.45, 2.75) is 6.92 Å². The van der Waals surface area contributed by atoms with Crippen LogP contribution in [0.3, 0.4) is 0 Å². The highest BCUT2D eigenvalue weighted by molar-refractivity contribution is 6.00. The van der Waals surface area contributed by atoms with Gasteiger partial charge in [-0.1, -0.05) is 18.2 Å². The molecule has 0 spiro atoms.